The second-order valence-electron chi connectivity index (χ2n) is 16.4. The predicted octanol–water partition coefficient (Wildman–Crippen LogP) is 12.3. The summed E-state index contributed by atoms with van der Waals surface area (Å²) in [6.45, 7) is 5.45. The van der Waals surface area contributed by atoms with E-state index in [0.29, 0.717) is 24.1 Å². The molecule has 2 atom stereocenters. The Bertz CT molecular complexity index is 807. The van der Waals surface area contributed by atoms with Crippen LogP contribution in [0, 0.1) is 0 Å². The number of esters is 1. The second-order valence-corrected chi connectivity index (χ2v) is 17.8. The van der Waals surface area contributed by atoms with Crippen LogP contribution in [0.2, 0.25) is 0 Å². The first kappa shape index (κ1) is 51.5. The number of nitrogens with zero attached hydrogens (tertiary/aromatic N) is 1. The highest BCUT2D eigenvalue weighted by Crippen LogP contribution is 2.38. The van der Waals surface area contributed by atoms with Gasteiger partial charge in [-0.3, -0.25) is 9.36 Å². The summed E-state index contributed by atoms with van der Waals surface area (Å²) in [5.41, 5.74) is 0. The van der Waals surface area contributed by atoms with E-state index in [9.17, 15) is 14.3 Å². The second kappa shape index (κ2) is 37.4. The highest BCUT2D eigenvalue weighted by Gasteiger charge is 2.20. The summed E-state index contributed by atoms with van der Waals surface area (Å²) in [4.78, 5) is 24.9. The van der Waals surface area contributed by atoms with Gasteiger partial charge in [-0.1, -0.05) is 194 Å². The van der Waals surface area contributed by atoms with Gasteiger partial charge in [-0.15, -0.1) is 0 Å². The Hall–Kier alpha value is -0.500. The van der Waals surface area contributed by atoms with Crippen LogP contribution in [0.25, 0.3) is 0 Å². The topological polar surface area (TPSA) is 94.1 Å². The molecule has 9 heteroatoms. The van der Waals surface area contributed by atoms with Crippen LogP contribution < -0.4 is 4.89 Å². The van der Waals surface area contributed by atoms with E-state index in [4.69, 9.17) is 18.5 Å². The first-order chi connectivity index (χ1) is 25.1. The minimum Gasteiger partial charge on any atom is -0.756 e. The lowest BCUT2D eigenvalue weighted by Gasteiger charge is -2.28. The van der Waals surface area contributed by atoms with Gasteiger partial charge in [0.15, 0.2) is 0 Å². The lowest BCUT2D eigenvalue weighted by molar-refractivity contribution is -0.870. The van der Waals surface area contributed by atoms with Crippen LogP contribution in [0.15, 0.2) is 0 Å². The third kappa shape index (κ3) is 40.7. The molecule has 0 fully saturated rings. The van der Waals surface area contributed by atoms with Crippen LogP contribution in [0.4, 0.5) is 0 Å². The van der Waals surface area contributed by atoms with Crippen molar-refractivity contribution < 1.29 is 37.3 Å². The molecule has 0 aromatic heterocycles. The van der Waals surface area contributed by atoms with Gasteiger partial charge in [0.25, 0.3) is 7.82 Å². The summed E-state index contributed by atoms with van der Waals surface area (Å²) in [5, 5.41) is 0. The molecule has 52 heavy (non-hydrogen) atoms. The van der Waals surface area contributed by atoms with Gasteiger partial charge < -0.3 is 27.9 Å². The molecule has 0 aromatic rings. The normalized spacial score (nSPS) is 13.7. The molecule has 312 valence electrons. The SMILES string of the molecule is CCCCCCCCCCCCCCCCCCCCCCOCC(COP(=O)([O-])OCC[N+](C)(C)C)OC(=O)CCCCCCCCCCCC. The van der Waals surface area contributed by atoms with Crippen molar-refractivity contribution in [1.29, 1.82) is 0 Å². The number of carbonyl (C=O) groups is 1. The monoisotopic (exact) mass is 762 g/mol. The van der Waals surface area contributed by atoms with Crippen LogP contribution in [0.3, 0.4) is 0 Å². The minimum atomic E-state index is -4.51. The molecule has 0 bridgehead atoms. The van der Waals surface area contributed by atoms with Gasteiger partial charge in [-0.2, -0.15) is 0 Å². The molecule has 0 amide bonds. The van der Waals surface area contributed by atoms with E-state index < -0.39 is 13.9 Å². The zero-order valence-corrected chi connectivity index (χ0v) is 36.2. The van der Waals surface area contributed by atoms with Crippen LogP contribution >= 0.6 is 7.82 Å². The number of unbranched alkanes of at least 4 members (excludes halogenated alkanes) is 28. The number of hydrogen-bond donors (Lipinski definition) is 0. The fourth-order valence-corrected chi connectivity index (χ4v) is 7.16. The summed E-state index contributed by atoms with van der Waals surface area (Å²) in [5.74, 6) is -0.331. The van der Waals surface area contributed by atoms with Crippen molar-refractivity contribution in [2.45, 2.75) is 219 Å². The largest absolute Gasteiger partial charge is 0.756 e. The number of hydrogen-bond acceptors (Lipinski definition) is 7. The molecule has 2 unspecified atom stereocenters. The summed E-state index contributed by atoms with van der Waals surface area (Å²) in [7, 11) is 1.37. The zero-order chi connectivity index (χ0) is 38.4. The average Bonchev–Trinajstić information content (AvgIpc) is 3.09. The van der Waals surface area contributed by atoms with Crippen molar-refractivity contribution >= 4 is 13.8 Å². The first-order valence-corrected chi connectivity index (χ1v) is 23.7. The molecule has 0 spiro atoms. The predicted molar refractivity (Wildman–Crippen MR) is 218 cm³/mol. The van der Waals surface area contributed by atoms with Gasteiger partial charge in [0.05, 0.1) is 34.4 Å². The molecule has 0 heterocycles. The number of phosphoric acid groups is 1. The molecule has 0 saturated carbocycles. The third-order valence-corrected chi connectivity index (χ3v) is 10.9. The highest BCUT2D eigenvalue weighted by molar-refractivity contribution is 7.45. The molecule has 8 nitrogen and oxygen atoms in total. The molecule has 0 rings (SSSR count). The Morgan fingerprint density at radius 3 is 1.27 bits per heavy atom. The van der Waals surface area contributed by atoms with E-state index in [1.54, 1.807) is 0 Å². The highest BCUT2D eigenvalue weighted by atomic mass is 31.2. The standard InChI is InChI=1S/C43H88NO7P/c1-6-8-10-12-14-16-18-19-20-21-22-23-24-25-26-27-29-31-33-35-38-48-40-42(41-50-52(46,47)49-39-37-44(3,4)5)51-43(45)36-34-32-30-28-17-15-13-11-9-7-2/h42H,6-41H2,1-5H3. The minimum absolute atomic E-state index is 0.0312. The quantitative estimate of drug-likeness (QED) is 0.0264. The Kier molecular flexibility index (Phi) is 37.1. The van der Waals surface area contributed by atoms with Crippen LogP contribution in [-0.4, -0.2) is 70.7 Å². The van der Waals surface area contributed by atoms with E-state index in [1.165, 1.54) is 161 Å². The molecule has 0 aromatic carbocycles. The van der Waals surface area contributed by atoms with Crippen LogP contribution in [0.1, 0.15) is 213 Å². The smallest absolute Gasteiger partial charge is 0.306 e. The number of phosphoric ester groups is 1. The number of ether oxygens (including phenoxy) is 2. The van der Waals surface area contributed by atoms with E-state index >= 15 is 0 Å². The number of quaternary nitrogens is 1. The van der Waals surface area contributed by atoms with Crippen molar-refractivity contribution in [3.05, 3.63) is 0 Å². The molecule has 0 N–H and O–H groups in total. The summed E-state index contributed by atoms with van der Waals surface area (Å²) >= 11 is 0. The maximum Gasteiger partial charge on any atom is 0.306 e. The van der Waals surface area contributed by atoms with Gasteiger partial charge in [-0.05, 0) is 12.8 Å². The van der Waals surface area contributed by atoms with Gasteiger partial charge in [0.1, 0.15) is 19.3 Å². The van der Waals surface area contributed by atoms with Gasteiger partial charge >= 0.3 is 5.97 Å². The van der Waals surface area contributed by atoms with Crippen LogP contribution in [0.5, 0.6) is 0 Å². The summed E-state index contributed by atoms with van der Waals surface area (Å²) in [6, 6.07) is 0. The fourth-order valence-electron chi connectivity index (χ4n) is 6.43. The first-order valence-electron chi connectivity index (χ1n) is 22.3. The van der Waals surface area contributed by atoms with E-state index in [2.05, 4.69) is 13.8 Å². The van der Waals surface area contributed by atoms with Gasteiger partial charge in [0, 0.05) is 13.0 Å². The van der Waals surface area contributed by atoms with Crippen LogP contribution in [-0.2, 0) is 27.9 Å². The number of rotatable bonds is 42. The van der Waals surface area contributed by atoms with Gasteiger partial charge in [-0.25, -0.2) is 0 Å². The maximum absolute atomic E-state index is 12.6. The Morgan fingerprint density at radius 1 is 0.519 bits per heavy atom. The van der Waals surface area contributed by atoms with Crippen molar-refractivity contribution in [1.82, 2.24) is 0 Å². The molecule has 0 radical (unpaired) electrons. The molecule has 0 saturated heterocycles. The lowest BCUT2D eigenvalue weighted by atomic mass is 10.0. The van der Waals surface area contributed by atoms with E-state index in [1.807, 2.05) is 21.1 Å². The van der Waals surface area contributed by atoms with Gasteiger partial charge in [0.2, 0.25) is 0 Å². The molecular formula is C43H88NO7P. The Morgan fingerprint density at radius 2 is 0.885 bits per heavy atom. The zero-order valence-electron chi connectivity index (χ0n) is 35.3. The Balaban J connectivity index is 4.08. The van der Waals surface area contributed by atoms with Crippen molar-refractivity contribution in [2.24, 2.45) is 0 Å². The maximum atomic E-state index is 12.6. The molecule has 0 aliphatic heterocycles. The van der Waals surface area contributed by atoms with E-state index in [-0.39, 0.29) is 25.8 Å². The van der Waals surface area contributed by atoms with Crippen molar-refractivity contribution in [3.8, 4) is 0 Å². The van der Waals surface area contributed by atoms with Crippen molar-refractivity contribution in [3.63, 3.8) is 0 Å². The molecule has 0 aliphatic rings. The number of carbonyl (C=O) groups excluding carboxylic acids is 1. The lowest BCUT2D eigenvalue weighted by Crippen LogP contribution is -2.37. The number of likely N-dealkylation sites (N-methyl/N-ethyl adjacent to an activating group) is 1. The van der Waals surface area contributed by atoms with E-state index in [0.717, 1.165) is 32.1 Å². The fraction of sp³-hybridized carbons (Fsp3) is 0.977. The third-order valence-electron chi connectivity index (χ3n) is 9.91. The Labute approximate surface area is 323 Å². The average molecular weight is 762 g/mol. The van der Waals surface area contributed by atoms with Crippen molar-refractivity contribution in [2.75, 3.05) is 54.1 Å². The summed E-state index contributed by atoms with van der Waals surface area (Å²) in [6.07, 6.45) is 38.3. The summed E-state index contributed by atoms with van der Waals surface area (Å²) < 4.78 is 34.5. The molecular weight excluding hydrogens is 673 g/mol. The molecule has 0 aliphatic carbocycles.